The normalized spacial score (nSPS) is 12.8. The molecule has 28 heavy (non-hydrogen) atoms. The van der Waals surface area contributed by atoms with Gasteiger partial charge in [-0.25, -0.2) is 0 Å². The van der Waals surface area contributed by atoms with Gasteiger partial charge >= 0.3 is 6.18 Å². The minimum Gasteiger partial charge on any atom is -0.294 e. The van der Waals surface area contributed by atoms with Crippen LogP contribution in [0.25, 0.3) is 0 Å². The van der Waals surface area contributed by atoms with Gasteiger partial charge in [0.15, 0.2) is 5.78 Å². The summed E-state index contributed by atoms with van der Waals surface area (Å²) < 4.78 is 38.1. The molecule has 0 N–H and O–H groups in total. The summed E-state index contributed by atoms with van der Waals surface area (Å²) in [6.07, 6.45) is -3.75. The number of nitro groups is 1. The smallest absolute Gasteiger partial charge is 0.294 e. The van der Waals surface area contributed by atoms with Gasteiger partial charge in [0.1, 0.15) is 0 Å². The first-order valence-electron chi connectivity index (χ1n) is 8.97. The molecule has 0 aliphatic heterocycles. The minimum atomic E-state index is -4.48. The Bertz CT molecular complexity index is 812. The molecule has 0 saturated carbocycles. The lowest BCUT2D eigenvalue weighted by atomic mass is 9.90. The maximum Gasteiger partial charge on any atom is 0.416 e. The van der Waals surface area contributed by atoms with E-state index in [1.165, 1.54) is 12.1 Å². The predicted octanol–water partition coefficient (Wildman–Crippen LogP) is 5.54. The summed E-state index contributed by atoms with van der Waals surface area (Å²) in [5.74, 6) is -0.589. The lowest BCUT2D eigenvalue weighted by molar-refractivity contribution is -0.483. The van der Waals surface area contributed by atoms with Crippen molar-refractivity contribution in [2.75, 3.05) is 6.54 Å². The molecule has 1 unspecified atom stereocenters. The van der Waals surface area contributed by atoms with Gasteiger partial charge in [-0.2, -0.15) is 13.2 Å². The van der Waals surface area contributed by atoms with Crippen molar-refractivity contribution < 1.29 is 22.9 Å². The topological polar surface area (TPSA) is 60.2 Å². The fourth-order valence-corrected chi connectivity index (χ4v) is 3.05. The van der Waals surface area contributed by atoms with Crippen molar-refractivity contribution in [3.05, 3.63) is 80.9 Å². The van der Waals surface area contributed by atoms with Crippen LogP contribution in [0.4, 0.5) is 13.2 Å². The molecular formula is C21H22F3NO3. The third-order valence-corrected chi connectivity index (χ3v) is 4.43. The van der Waals surface area contributed by atoms with Gasteiger partial charge in [0.05, 0.1) is 11.5 Å². The van der Waals surface area contributed by atoms with E-state index in [2.05, 4.69) is 13.8 Å². The number of benzene rings is 2. The van der Waals surface area contributed by atoms with Crippen LogP contribution in [0.3, 0.4) is 0 Å². The Labute approximate surface area is 161 Å². The molecule has 2 rings (SSSR count). The quantitative estimate of drug-likeness (QED) is 0.336. The van der Waals surface area contributed by atoms with Gasteiger partial charge in [-0.15, -0.1) is 0 Å². The maximum atomic E-state index is 12.7. The zero-order valence-electron chi connectivity index (χ0n) is 15.7. The van der Waals surface area contributed by atoms with Crippen molar-refractivity contribution in [1.82, 2.24) is 0 Å². The number of carbonyl (C=O) groups excluding carboxylic acids is 1. The van der Waals surface area contributed by atoms with E-state index in [4.69, 9.17) is 0 Å². The second-order valence-corrected chi connectivity index (χ2v) is 7.25. The Kier molecular flexibility index (Phi) is 6.94. The second kappa shape index (κ2) is 8.99. The summed E-state index contributed by atoms with van der Waals surface area (Å²) in [5.41, 5.74) is 1.04. The first kappa shape index (κ1) is 21.6. The van der Waals surface area contributed by atoms with Crippen molar-refractivity contribution in [2.45, 2.75) is 38.8 Å². The number of ketones is 1. The van der Waals surface area contributed by atoms with Crippen LogP contribution in [-0.2, 0) is 12.6 Å². The molecule has 0 aliphatic rings. The number of hydrogen-bond donors (Lipinski definition) is 0. The van der Waals surface area contributed by atoms with E-state index in [1.54, 1.807) is 12.1 Å². The molecule has 7 heteroatoms. The van der Waals surface area contributed by atoms with E-state index in [9.17, 15) is 28.1 Å². The van der Waals surface area contributed by atoms with Crippen LogP contribution in [0.15, 0.2) is 48.5 Å². The molecule has 0 amide bonds. The molecule has 0 saturated heterocycles. The molecule has 4 nitrogen and oxygen atoms in total. The number of hydrogen-bond acceptors (Lipinski definition) is 3. The van der Waals surface area contributed by atoms with Crippen molar-refractivity contribution >= 4 is 5.78 Å². The zero-order valence-corrected chi connectivity index (χ0v) is 15.7. The van der Waals surface area contributed by atoms with E-state index >= 15 is 0 Å². The molecule has 0 aromatic heterocycles. The number of carbonyl (C=O) groups is 1. The van der Waals surface area contributed by atoms with Gasteiger partial charge < -0.3 is 0 Å². The molecule has 2 aromatic rings. The van der Waals surface area contributed by atoms with Gasteiger partial charge in [0.25, 0.3) is 0 Å². The summed E-state index contributed by atoms with van der Waals surface area (Å²) in [6.45, 7) is 3.65. The molecule has 0 bridgehead atoms. The fraction of sp³-hybridized carbons (Fsp3) is 0.381. The molecule has 0 aliphatic carbocycles. The molecule has 2 aromatic carbocycles. The highest BCUT2D eigenvalue weighted by Gasteiger charge is 2.31. The van der Waals surface area contributed by atoms with Crippen molar-refractivity contribution in [2.24, 2.45) is 5.92 Å². The Balaban J connectivity index is 2.17. The van der Waals surface area contributed by atoms with E-state index in [1.807, 2.05) is 12.1 Å². The lowest BCUT2D eigenvalue weighted by Gasteiger charge is -2.14. The number of Topliss-reactive ketones (excluding diaryl/α,β-unsaturated/α-hetero) is 1. The Morgan fingerprint density at radius 1 is 1.04 bits per heavy atom. The third-order valence-electron chi connectivity index (χ3n) is 4.43. The van der Waals surface area contributed by atoms with Crippen LogP contribution in [0.5, 0.6) is 0 Å². The Hall–Kier alpha value is -2.70. The largest absolute Gasteiger partial charge is 0.416 e. The van der Waals surface area contributed by atoms with Crippen LogP contribution in [0.1, 0.15) is 53.2 Å². The fourth-order valence-electron chi connectivity index (χ4n) is 3.05. The number of alkyl halides is 3. The van der Waals surface area contributed by atoms with E-state index in [0.717, 1.165) is 24.1 Å². The SMILES string of the molecule is CC(C)Cc1ccc(C(=O)CC(C[N+](=O)[O-])c2ccc(C(F)(F)F)cc2)cc1. The van der Waals surface area contributed by atoms with Crippen LogP contribution < -0.4 is 0 Å². The number of rotatable bonds is 8. The van der Waals surface area contributed by atoms with Gasteiger partial charge in [-0.1, -0.05) is 50.2 Å². The lowest BCUT2D eigenvalue weighted by Crippen LogP contribution is -2.17. The van der Waals surface area contributed by atoms with Crippen molar-refractivity contribution in [3.63, 3.8) is 0 Å². The molecular weight excluding hydrogens is 371 g/mol. The van der Waals surface area contributed by atoms with Crippen LogP contribution >= 0.6 is 0 Å². The van der Waals surface area contributed by atoms with Crippen LogP contribution in [-0.4, -0.2) is 17.3 Å². The highest BCUT2D eigenvalue weighted by molar-refractivity contribution is 5.96. The summed E-state index contributed by atoms with van der Waals surface area (Å²) in [5, 5.41) is 11.0. The summed E-state index contributed by atoms with van der Waals surface area (Å²) in [4.78, 5) is 23.0. The van der Waals surface area contributed by atoms with Gasteiger partial charge in [0, 0.05) is 16.9 Å². The monoisotopic (exact) mass is 393 g/mol. The van der Waals surface area contributed by atoms with Crippen molar-refractivity contribution in [1.29, 1.82) is 0 Å². The molecule has 0 heterocycles. The van der Waals surface area contributed by atoms with E-state index < -0.39 is 29.1 Å². The van der Waals surface area contributed by atoms with Gasteiger partial charge in [-0.05, 0) is 35.6 Å². The van der Waals surface area contributed by atoms with Crippen molar-refractivity contribution in [3.8, 4) is 0 Å². The van der Waals surface area contributed by atoms with Gasteiger partial charge in [0.2, 0.25) is 6.54 Å². The molecule has 0 fully saturated rings. The molecule has 0 spiro atoms. The third kappa shape index (κ3) is 6.18. The maximum absolute atomic E-state index is 12.7. The Morgan fingerprint density at radius 3 is 2.07 bits per heavy atom. The zero-order chi connectivity index (χ0) is 20.9. The average molecular weight is 393 g/mol. The molecule has 150 valence electrons. The van der Waals surface area contributed by atoms with Gasteiger partial charge in [-0.3, -0.25) is 14.9 Å². The van der Waals surface area contributed by atoms with E-state index in [0.29, 0.717) is 17.0 Å². The predicted molar refractivity (Wildman–Crippen MR) is 100.0 cm³/mol. The first-order chi connectivity index (χ1) is 13.1. The molecule has 1 atom stereocenters. The van der Waals surface area contributed by atoms with E-state index in [-0.39, 0.29) is 12.2 Å². The first-order valence-corrected chi connectivity index (χ1v) is 8.97. The minimum absolute atomic E-state index is 0.143. The summed E-state index contributed by atoms with van der Waals surface area (Å²) in [6, 6.07) is 11.3. The van der Waals surface area contributed by atoms with Crippen LogP contribution in [0.2, 0.25) is 0 Å². The highest BCUT2D eigenvalue weighted by atomic mass is 19.4. The average Bonchev–Trinajstić information content (AvgIpc) is 2.60. The van der Waals surface area contributed by atoms with Crippen LogP contribution in [0, 0.1) is 16.0 Å². The number of halogens is 3. The highest BCUT2D eigenvalue weighted by Crippen LogP contribution is 2.31. The second-order valence-electron chi connectivity index (χ2n) is 7.25. The Morgan fingerprint density at radius 2 is 1.61 bits per heavy atom. The summed E-state index contributed by atoms with van der Waals surface area (Å²) in [7, 11) is 0. The summed E-state index contributed by atoms with van der Waals surface area (Å²) >= 11 is 0. The molecule has 0 radical (unpaired) electrons. The standard InChI is InChI=1S/C21H22F3NO3/c1-14(2)11-15-3-5-17(6-4-15)20(26)12-18(13-25(27)28)16-7-9-19(10-8-16)21(22,23)24/h3-10,14,18H,11-13H2,1-2H3. The number of nitrogens with zero attached hydrogens (tertiary/aromatic N) is 1.